The minimum Gasteiger partial charge on any atom is -0.492 e. The molecule has 0 aliphatic carbocycles. The minimum atomic E-state index is -0.392. The van der Waals surface area contributed by atoms with Gasteiger partial charge in [0.05, 0.1) is 18.6 Å². The third kappa shape index (κ3) is 3.56. The molecule has 24 heavy (non-hydrogen) atoms. The molecule has 0 aromatic heterocycles. The predicted octanol–water partition coefficient (Wildman–Crippen LogP) is 2.77. The third-order valence-electron chi connectivity index (χ3n) is 3.97. The summed E-state index contributed by atoms with van der Waals surface area (Å²) in [6.45, 7) is 0.496. The van der Waals surface area contributed by atoms with E-state index in [9.17, 15) is 9.59 Å². The Labute approximate surface area is 140 Å². The van der Waals surface area contributed by atoms with Crippen LogP contribution in [-0.2, 0) is 27.3 Å². The van der Waals surface area contributed by atoms with Crippen molar-refractivity contribution in [2.45, 2.75) is 13.0 Å². The summed E-state index contributed by atoms with van der Waals surface area (Å²) in [6.07, 6.45) is 0.621. The molecule has 0 saturated carbocycles. The molecule has 3 rings (SSSR count). The predicted molar refractivity (Wildman–Crippen MR) is 86.7 cm³/mol. The molecule has 1 aliphatic heterocycles. The van der Waals surface area contributed by atoms with E-state index >= 15 is 0 Å². The summed E-state index contributed by atoms with van der Waals surface area (Å²) in [5.74, 6) is -0.132. The molecule has 0 radical (unpaired) electrons. The molecule has 0 bridgehead atoms. The molecule has 1 atom stereocenters. The van der Waals surface area contributed by atoms with Crippen molar-refractivity contribution in [2.75, 3.05) is 13.7 Å². The molecule has 1 heterocycles. The number of rotatable bonds is 4. The molecule has 1 aliphatic rings. The summed E-state index contributed by atoms with van der Waals surface area (Å²) in [7, 11) is 1.34. The van der Waals surface area contributed by atoms with Crippen LogP contribution in [0.3, 0.4) is 0 Å². The van der Waals surface area contributed by atoms with E-state index in [1.54, 1.807) is 24.3 Å². The van der Waals surface area contributed by atoms with Crippen LogP contribution in [0.2, 0.25) is 0 Å². The Morgan fingerprint density at radius 2 is 1.88 bits per heavy atom. The molecule has 0 amide bonds. The summed E-state index contributed by atoms with van der Waals surface area (Å²) in [6, 6.07) is 14.5. The summed E-state index contributed by atoms with van der Waals surface area (Å²) < 4.78 is 15.6. The average molecular weight is 326 g/mol. The molecule has 0 N–H and O–H groups in total. The maximum atomic E-state index is 12.2. The van der Waals surface area contributed by atoms with Gasteiger partial charge in [0.1, 0.15) is 19.0 Å². The Hall–Kier alpha value is -2.82. The summed E-state index contributed by atoms with van der Waals surface area (Å²) in [5, 5.41) is 0. The zero-order chi connectivity index (χ0) is 16.9. The molecule has 2 aromatic carbocycles. The molecule has 0 spiro atoms. The van der Waals surface area contributed by atoms with E-state index in [-0.39, 0.29) is 18.5 Å². The quantitative estimate of drug-likeness (QED) is 0.809. The average Bonchev–Trinajstić information content (AvgIpc) is 2.65. The van der Waals surface area contributed by atoms with Crippen molar-refractivity contribution in [3.63, 3.8) is 0 Å². The topological polar surface area (TPSA) is 61.8 Å². The highest BCUT2D eigenvalue weighted by molar-refractivity contribution is 5.89. The fourth-order valence-corrected chi connectivity index (χ4v) is 2.61. The zero-order valence-electron chi connectivity index (χ0n) is 13.4. The highest BCUT2D eigenvalue weighted by atomic mass is 16.5. The van der Waals surface area contributed by atoms with Gasteiger partial charge < -0.3 is 14.2 Å². The Bertz CT molecular complexity index is 736. The van der Waals surface area contributed by atoms with Crippen LogP contribution in [0.4, 0.5) is 0 Å². The van der Waals surface area contributed by atoms with Crippen LogP contribution >= 0.6 is 0 Å². The first-order chi connectivity index (χ1) is 11.7. The molecule has 5 nitrogen and oxygen atoms in total. The summed E-state index contributed by atoms with van der Waals surface area (Å²) >= 11 is 0. The Kier molecular flexibility index (Phi) is 4.79. The van der Waals surface area contributed by atoms with Crippen molar-refractivity contribution < 1.29 is 23.8 Å². The zero-order valence-corrected chi connectivity index (χ0v) is 13.4. The maximum Gasteiger partial charge on any atom is 0.337 e. The summed E-state index contributed by atoms with van der Waals surface area (Å²) in [4.78, 5) is 23.6. The van der Waals surface area contributed by atoms with E-state index in [0.717, 1.165) is 16.9 Å². The number of carbonyl (C=O) groups is 2. The second-order valence-electron chi connectivity index (χ2n) is 5.62. The molecule has 0 saturated heterocycles. The van der Waals surface area contributed by atoms with Crippen molar-refractivity contribution in [1.82, 2.24) is 0 Å². The number of ether oxygens (including phenoxy) is 3. The van der Waals surface area contributed by atoms with Gasteiger partial charge in [-0.3, -0.25) is 4.79 Å². The lowest BCUT2D eigenvalue weighted by molar-refractivity contribution is -0.151. The number of benzene rings is 2. The van der Waals surface area contributed by atoms with Gasteiger partial charge >= 0.3 is 11.9 Å². The standard InChI is InChI=1S/C19H18O5/c1-22-18(20)14-8-6-13(7-9-14)11-24-19(21)16-10-15-4-2-3-5-17(15)23-12-16/h2-9,16H,10-12H2,1H3/t16-/m1/s1. The Morgan fingerprint density at radius 1 is 1.12 bits per heavy atom. The first-order valence-electron chi connectivity index (χ1n) is 7.72. The van der Waals surface area contributed by atoms with Gasteiger partial charge in [0, 0.05) is 0 Å². The monoisotopic (exact) mass is 326 g/mol. The van der Waals surface area contributed by atoms with Crippen LogP contribution in [0, 0.1) is 5.92 Å². The van der Waals surface area contributed by atoms with Gasteiger partial charge in [-0.25, -0.2) is 4.79 Å². The van der Waals surface area contributed by atoms with E-state index in [1.807, 2.05) is 24.3 Å². The van der Waals surface area contributed by atoms with Gasteiger partial charge in [-0.1, -0.05) is 30.3 Å². The molecule has 0 fully saturated rings. The van der Waals surface area contributed by atoms with Crippen molar-refractivity contribution in [3.05, 3.63) is 65.2 Å². The lowest BCUT2D eigenvalue weighted by Gasteiger charge is -2.23. The fourth-order valence-electron chi connectivity index (χ4n) is 2.61. The SMILES string of the molecule is COC(=O)c1ccc(COC(=O)[C@H]2COc3ccccc3C2)cc1. The van der Waals surface area contributed by atoms with Crippen LogP contribution in [0.5, 0.6) is 5.75 Å². The highest BCUT2D eigenvalue weighted by Crippen LogP contribution is 2.27. The van der Waals surface area contributed by atoms with Gasteiger partial charge in [-0.2, -0.15) is 0 Å². The van der Waals surface area contributed by atoms with Gasteiger partial charge in [-0.05, 0) is 35.7 Å². The van der Waals surface area contributed by atoms with Crippen LogP contribution in [-0.4, -0.2) is 25.7 Å². The number of fused-ring (bicyclic) bond motifs is 1. The van der Waals surface area contributed by atoms with Crippen LogP contribution in [0.25, 0.3) is 0 Å². The number of methoxy groups -OCH3 is 1. The largest absolute Gasteiger partial charge is 0.492 e. The maximum absolute atomic E-state index is 12.2. The van der Waals surface area contributed by atoms with E-state index < -0.39 is 5.97 Å². The van der Waals surface area contributed by atoms with Crippen molar-refractivity contribution >= 4 is 11.9 Å². The van der Waals surface area contributed by atoms with E-state index in [4.69, 9.17) is 9.47 Å². The van der Waals surface area contributed by atoms with Crippen molar-refractivity contribution in [2.24, 2.45) is 5.92 Å². The molecule has 2 aromatic rings. The Morgan fingerprint density at radius 3 is 2.62 bits per heavy atom. The first kappa shape index (κ1) is 16.1. The van der Waals surface area contributed by atoms with Gasteiger partial charge in [0.25, 0.3) is 0 Å². The molecule has 5 heteroatoms. The smallest absolute Gasteiger partial charge is 0.337 e. The molecular formula is C19H18O5. The number of para-hydroxylation sites is 1. The Balaban J connectivity index is 1.55. The van der Waals surface area contributed by atoms with E-state index in [0.29, 0.717) is 18.6 Å². The summed E-state index contributed by atoms with van der Waals surface area (Å²) in [5.41, 5.74) is 2.30. The molecular weight excluding hydrogens is 308 g/mol. The molecule has 0 unspecified atom stereocenters. The second kappa shape index (κ2) is 7.17. The van der Waals surface area contributed by atoms with Gasteiger partial charge in [0.2, 0.25) is 0 Å². The van der Waals surface area contributed by atoms with Gasteiger partial charge in [-0.15, -0.1) is 0 Å². The van der Waals surface area contributed by atoms with E-state index in [1.165, 1.54) is 7.11 Å². The second-order valence-corrected chi connectivity index (χ2v) is 5.62. The third-order valence-corrected chi connectivity index (χ3v) is 3.97. The van der Waals surface area contributed by atoms with Crippen LogP contribution < -0.4 is 4.74 Å². The lowest BCUT2D eigenvalue weighted by Crippen LogP contribution is -2.29. The fraction of sp³-hybridized carbons (Fsp3) is 0.263. The number of hydrogen-bond acceptors (Lipinski definition) is 5. The molecule has 124 valence electrons. The first-order valence-corrected chi connectivity index (χ1v) is 7.72. The van der Waals surface area contributed by atoms with Gasteiger partial charge in [0.15, 0.2) is 0 Å². The number of carbonyl (C=O) groups excluding carboxylic acids is 2. The van der Waals surface area contributed by atoms with Crippen molar-refractivity contribution in [3.8, 4) is 5.75 Å². The van der Waals surface area contributed by atoms with Crippen molar-refractivity contribution in [1.29, 1.82) is 0 Å². The van der Waals surface area contributed by atoms with E-state index in [2.05, 4.69) is 4.74 Å². The number of esters is 2. The number of hydrogen-bond donors (Lipinski definition) is 0. The normalized spacial score (nSPS) is 15.8. The highest BCUT2D eigenvalue weighted by Gasteiger charge is 2.27. The lowest BCUT2D eigenvalue weighted by atomic mass is 9.97. The minimum absolute atomic E-state index is 0.165. The van der Waals surface area contributed by atoms with Crippen LogP contribution in [0.15, 0.2) is 48.5 Å². The van der Waals surface area contributed by atoms with Crippen LogP contribution in [0.1, 0.15) is 21.5 Å².